The second kappa shape index (κ2) is 7.69. The van der Waals surface area contributed by atoms with Gasteiger partial charge >= 0.3 is 12.1 Å². The van der Waals surface area contributed by atoms with E-state index in [0.717, 1.165) is 4.90 Å². The lowest BCUT2D eigenvalue weighted by Gasteiger charge is -2.35. The third kappa shape index (κ3) is 4.05. The van der Waals surface area contributed by atoms with Gasteiger partial charge in [-0.3, -0.25) is 9.59 Å². The minimum absolute atomic E-state index is 0.257. The van der Waals surface area contributed by atoms with E-state index in [1.807, 2.05) is 0 Å². The lowest BCUT2D eigenvalue weighted by molar-refractivity contribution is -0.187. The number of aromatic nitrogens is 2. The van der Waals surface area contributed by atoms with Gasteiger partial charge in [-0.05, 0) is 31.7 Å². The van der Waals surface area contributed by atoms with Gasteiger partial charge in [0.1, 0.15) is 0 Å². The molecule has 0 atom stereocenters. The van der Waals surface area contributed by atoms with Crippen molar-refractivity contribution >= 4 is 16.8 Å². The predicted molar refractivity (Wildman–Crippen MR) is 94.4 cm³/mol. The molecule has 28 heavy (non-hydrogen) atoms. The van der Waals surface area contributed by atoms with E-state index in [0.29, 0.717) is 48.1 Å². The van der Waals surface area contributed by atoms with E-state index in [4.69, 9.17) is 9.47 Å². The van der Waals surface area contributed by atoms with Crippen molar-refractivity contribution in [2.75, 3.05) is 14.2 Å². The molecule has 1 heterocycles. The first-order chi connectivity index (χ1) is 13.2. The second-order valence-electron chi connectivity index (χ2n) is 6.71. The maximum absolute atomic E-state index is 12.6. The van der Waals surface area contributed by atoms with Gasteiger partial charge in [-0.25, -0.2) is 4.98 Å². The number of carbonyl (C=O) groups is 1. The van der Waals surface area contributed by atoms with Gasteiger partial charge in [0.15, 0.2) is 11.5 Å². The first-order valence-electron chi connectivity index (χ1n) is 8.76. The summed E-state index contributed by atoms with van der Waals surface area (Å²) in [4.78, 5) is 30.7. The Hall–Kier alpha value is -2.78. The van der Waals surface area contributed by atoms with Crippen molar-refractivity contribution in [3.63, 3.8) is 0 Å². The summed E-state index contributed by atoms with van der Waals surface area (Å²) < 4.78 is 49.1. The number of carbonyl (C=O) groups excluding carboxylic acids is 1. The predicted octanol–water partition coefficient (Wildman–Crippen LogP) is 2.64. The normalized spacial score (nSPS) is 20.0. The lowest BCUT2D eigenvalue weighted by Crippen LogP contribution is -2.46. The van der Waals surface area contributed by atoms with Crippen LogP contribution < -0.4 is 15.0 Å². The summed E-state index contributed by atoms with van der Waals surface area (Å²) in [6.07, 6.45) is -2.10. The molecule has 1 aromatic heterocycles. The van der Waals surface area contributed by atoms with Gasteiger partial charge in [-0.1, -0.05) is 0 Å². The van der Waals surface area contributed by atoms with Gasteiger partial charge < -0.3 is 19.4 Å². The number of halogens is 3. The van der Waals surface area contributed by atoms with Crippen LogP contribution in [0.25, 0.3) is 10.9 Å². The number of rotatable bonds is 4. The van der Waals surface area contributed by atoms with Crippen LogP contribution in [-0.4, -0.2) is 53.3 Å². The molecule has 0 radical (unpaired) electrons. The van der Waals surface area contributed by atoms with Crippen LogP contribution in [0.4, 0.5) is 13.2 Å². The average molecular weight is 399 g/mol. The standard InChI is InChI=1S/C18H20F3N3O4/c1-24(17(26)18(19,20)21)10-3-5-11(6-4-10)28-15-7-12-13(8-14(15)27-2)22-9-23-16(12)25/h7-11H,3-6H2,1-2H3,(H,22,23,25). The number of ether oxygens (including phenoxy) is 2. The van der Waals surface area contributed by atoms with E-state index < -0.39 is 18.1 Å². The fraction of sp³-hybridized carbons (Fsp3) is 0.500. The van der Waals surface area contributed by atoms with Crippen molar-refractivity contribution in [3.05, 3.63) is 28.8 Å². The van der Waals surface area contributed by atoms with Gasteiger partial charge in [-0.2, -0.15) is 13.2 Å². The summed E-state index contributed by atoms with van der Waals surface area (Å²) in [5.74, 6) is -1.05. The summed E-state index contributed by atoms with van der Waals surface area (Å²) in [5, 5.41) is 0.350. The summed E-state index contributed by atoms with van der Waals surface area (Å²) in [5.41, 5.74) is 0.150. The number of hydrogen-bond acceptors (Lipinski definition) is 5. The van der Waals surface area contributed by atoms with Crippen LogP contribution in [0.1, 0.15) is 25.7 Å². The molecule has 2 aromatic rings. The Labute approximate surface area is 158 Å². The molecule has 0 bridgehead atoms. The summed E-state index contributed by atoms with van der Waals surface area (Å²) >= 11 is 0. The first-order valence-corrected chi connectivity index (χ1v) is 8.76. The second-order valence-corrected chi connectivity index (χ2v) is 6.71. The zero-order valence-corrected chi connectivity index (χ0v) is 15.4. The molecule has 10 heteroatoms. The monoisotopic (exact) mass is 399 g/mol. The molecular weight excluding hydrogens is 379 g/mol. The summed E-state index contributed by atoms with van der Waals surface area (Å²) in [6, 6.07) is 2.66. The van der Waals surface area contributed by atoms with Crippen molar-refractivity contribution in [2.45, 2.75) is 44.0 Å². The van der Waals surface area contributed by atoms with E-state index in [1.54, 1.807) is 12.1 Å². The van der Waals surface area contributed by atoms with Crippen LogP contribution in [0.3, 0.4) is 0 Å². The quantitative estimate of drug-likeness (QED) is 0.855. The van der Waals surface area contributed by atoms with Crippen molar-refractivity contribution in [2.24, 2.45) is 0 Å². The molecule has 3 rings (SSSR count). The molecular formula is C18H20F3N3O4. The maximum Gasteiger partial charge on any atom is 0.471 e. The zero-order valence-electron chi connectivity index (χ0n) is 15.4. The topological polar surface area (TPSA) is 84.5 Å². The Balaban J connectivity index is 1.70. The largest absolute Gasteiger partial charge is 0.493 e. The highest BCUT2D eigenvalue weighted by molar-refractivity contribution is 5.82. The van der Waals surface area contributed by atoms with Crippen LogP contribution in [-0.2, 0) is 4.79 Å². The number of aromatic amines is 1. The number of nitrogens with zero attached hydrogens (tertiary/aromatic N) is 2. The van der Waals surface area contributed by atoms with Crippen molar-refractivity contribution in [1.29, 1.82) is 0 Å². The molecule has 0 spiro atoms. The fourth-order valence-electron chi connectivity index (χ4n) is 3.42. The zero-order chi connectivity index (χ0) is 20.5. The molecule has 0 saturated heterocycles. The number of nitrogens with one attached hydrogen (secondary N) is 1. The Morgan fingerprint density at radius 1 is 1.21 bits per heavy atom. The third-order valence-electron chi connectivity index (χ3n) is 4.97. The molecule has 1 aliphatic rings. The highest BCUT2D eigenvalue weighted by Crippen LogP contribution is 2.34. The smallest absolute Gasteiger partial charge is 0.471 e. The van der Waals surface area contributed by atoms with Crippen LogP contribution in [0.5, 0.6) is 11.5 Å². The Bertz CT molecular complexity index is 920. The molecule has 1 N–H and O–H groups in total. The molecule has 1 saturated carbocycles. The minimum atomic E-state index is -4.87. The molecule has 1 aromatic carbocycles. The highest BCUT2D eigenvalue weighted by Gasteiger charge is 2.43. The van der Waals surface area contributed by atoms with Crippen molar-refractivity contribution in [1.82, 2.24) is 14.9 Å². The van der Waals surface area contributed by atoms with Gasteiger partial charge in [-0.15, -0.1) is 0 Å². The fourth-order valence-corrected chi connectivity index (χ4v) is 3.42. The van der Waals surface area contributed by atoms with Crippen LogP contribution in [0.15, 0.2) is 23.3 Å². The van der Waals surface area contributed by atoms with E-state index >= 15 is 0 Å². The Morgan fingerprint density at radius 2 is 1.89 bits per heavy atom. The highest BCUT2D eigenvalue weighted by atomic mass is 19.4. The molecule has 1 amide bonds. The first kappa shape index (κ1) is 20.0. The van der Waals surface area contributed by atoms with Gasteiger partial charge in [0.05, 0.1) is 30.4 Å². The molecule has 1 aliphatic carbocycles. The van der Waals surface area contributed by atoms with Gasteiger partial charge in [0, 0.05) is 19.2 Å². The molecule has 152 valence electrons. The molecule has 1 fully saturated rings. The number of fused-ring (bicyclic) bond motifs is 1. The summed E-state index contributed by atoms with van der Waals surface area (Å²) in [7, 11) is 2.64. The van der Waals surface area contributed by atoms with Crippen molar-refractivity contribution < 1.29 is 27.4 Å². The maximum atomic E-state index is 12.6. The number of H-pyrrole nitrogens is 1. The molecule has 0 unspecified atom stereocenters. The number of alkyl halides is 3. The van der Waals surface area contributed by atoms with Gasteiger partial charge in [0.25, 0.3) is 5.56 Å². The SMILES string of the molecule is COc1cc2nc[nH]c(=O)c2cc1OC1CCC(N(C)C(=O)C(F)(F)F)CC1. The molecule has 0 aliphatic heterocycles. The minimum Gasteiger partial charge on any atom is -0.493 e. The van der Waals surface area contributed by atoms with E-state index in [9.17, 15) is 22.8 Å². The third-order valence-corrected chi connectivity index (χ3v) is 4.97. The van der Waals surface area contributed by atoms with Crippen LogP contribution >= 0.6 is 0 Å². The van der Waals surface area contributed by atoms with Crippen LogP contribution in [0, 0.1) is 0 Å². The van der Waals surface area contributed by atoms with Gasteiger partial charge in [0.2, 0.25) is 0 Å². The number of benzene rings is 1. The number of hydrogen-bond donors (Lipinski definition) is 1. The Morgan fingerprint density at radius 3 is 2.50 bits per heavy atom. The van der Waals surface area contributed by atoms with E-state index in [1.165, 1.54) is 20.5 Å². The summed E-state index contributed by atoms with van der Waals surface area (Å²) in [6.45, 7) is 0. The average Bonchev–Trinajstić information content (AvgIpc) is 2.67. The van der Waals surface area contributed by atoms with Crippen molar-refractivity contribution in [3.8, 4) is 11.5 Å². The Kier molecular flexibility index (Phi) is 5.48. The van der Waals surface area contributed by atoms with E-state index in [2.05, 4.69) is 9.97 Å². The molecule has 7 nitrogen and oxygen atoms in total. The lowest BCUT2D eigenvalue weighted by atomic mass is 9.92. The number of amides is 1. The number of methoxy groups -OCH3 is 1. The van der Waals surface area contributed by atoms with E-state index in [-0.39, 0.29) is 11.7 Å². The van der Waals surface area contributed by atoms with Crippen LogP contribution in [0.2, 0.25) is 0 Å².